The lowest BCUT2D eigenvalue weighted by Gasteiger charge is -2.39. The molecule has 1 fully saturated rings. The average Bonchev–Trinajstić information content (AvgIpc) is 3.28. The third-order valence-electron chi connectivity index (χ3n) is 5.59. The van der Waals surface area contributed by atoms with Gasteiger partial charge in [-0.1, -0.05) is 17.7 Å². The van der Waals surface area contributed by atoms with Gasteiger partial charge in [0.25, 0.3) is 0 Å². The van der Waals surface area contributed by atoms with Crippen LogP contribution >= 0.6 is 22.9 Å². The summed E-state index contributed by atoms with van der Waals surface area (Å²) in [7, 11) is 0. The maximum atomic E-state index is 10.3. The summed E-state index contributed by atoms with van der Waals surface area (Å²) in [5.74, 6) is -0.861. The number of benzene rings is 1. The fraction of sp³-hybridized carbons (Fsp3) is 0.348. The molecule has 4 heterocycles. The smallest absolute Gasteiger partial charge is 0.198 e. The number of ether oxygens (including phenoxy) is 2. The highest BCUT2D eigenvalue weighted by atomic mass is 35.5. The zero-order chi connectivity index (χ0) is 20.0. The first-order valence-electron chi connectivity index (χ1n) is 9.84. The van der Waals surface area contributed by atoms with Gasteiger partial charge in [0.2, 0.25) is 0 Å². The molecule has 3 atom stereocenters. The van der Waals surface area contributed by atoms with E-state index in [1.54, 1.807) is 11.3 Å². The van der Waals surface area contributed by atoms with Gasteiger partial charge in [-0.15, -0.1) is 11.3 Å². The van der Waals surface area contributed by atoms with Gasteiger partial charge in [-0.25, -0.2) is 0 Å². The second-order valence-corrected chi connectivity index (χ2v) is 9.40. The van der Waals surface area contributed by atoms with Crippen LogP contribution in [-0.2, 0) is 28.3 Å². The molecule has 2 aliphatic heterocycles. The Bertz CT molecular complexity index is 1030. The van der Waals surface area contributed by atoms with Gasteiger partial charge in [0.05, 0.1) is 29.4 Å². The SMILES string of the molecule is C[C@@H]1C[C@H](O)C[C@@]2(OCc3cc(Cl)c(Cc4ccc(-c5ccccn5)s4)cc32)O1. The molecule has 0 radical (unpaired) electrons. The van der Waals surface area contributed by atoms with Crippen LogP contribution < -0.4 is 0 Å². The summed E-state index contributed by atoms with van der Waals surface area (Å²) in [6, 6.07) is 14.3. The van der Waals surface area contributed by atoms with E-state index in [9.17, 15) is 5.11 Å². The molecule has 0 bridgehead atoms. The van der Waals surface area contributed by atoms with E-state index in [0.717, 1.165) is 38.7 Å². The predicted molar refractivity (Wildman–Crippen MR) is 114 cm³/mol. The maximum absolute atomic E-state index is 10.3. The zero-order valence-electron chi connectivity index (χ0n) is 16.1. The van der Waals surface area contributed by atoms with E-state index in [2.05, 4.69) is 23.2 Å². The first kappa shape index (κ1) is 19.2. The molecule has 1 spiro atoms. The molecule has 1 N–H and O–H groups in total. The van der Waals surface area contributed by atoms with Gasteiger partial charge in [-0.2, -0.15) is 0 Å². The molecule has 1 aromatic carbocycles. The van der Waals surface area contributed by atoms with Crippen LogP contribution in [0.3, 0.4) is 0 Å². The summed E-state index contributed by atoms with van der Waals surface area (Å²) in [6.45, 7) is 2.44. The van der Waals surface area contributed by atoms with Crippen LogP contribution in [0.25, 0.3) is 10.6 Å². The predicted octanol–water partition coefficient (Wildman–Crippen LogP) is 5.30. The zero-order valence-corrected chi connectivity index (χ0v) is 17.7. The molecule has 0 saturated carbocycles. The second-order valence-electron chi connectivity index (χ2n) is 7.82. The Kier molecular flexibility index (Phi) is 4.96. The molecule has 1 saturated heterocycles. The van der Waals surface area contributed by atoms with Crippen LogP contribution in [0.2, 0.25) is 5.02 Å². The number of nitrogens with zero attached hydrogens (tertiary/aromatic N) is 1. The minimum atomic E-state index is -0.861. The Balaban J connectivity index is 1.45. The van der Waals surface area contributed by atoms with E-state index in [0.29, 0.717) is 19.4 Å². The van der Waals surface area contributed by atoms with Gasteiger partial charge in [0, 0.05) is 34.5 Å². The number of pyridine rings is 1. The topological polar surface area (TPSA) is 51.6 Å². The van der Waals surface area contributed by atoms with Crippen LogP contribution in [0.15, 0.2) is 48.7 Å². The Morgan fingerprint density at radius 1 is 1.28 bits per heavy atom. The van der Waals surface area contributed by atoms with Crippen molar-refractivity contribution in [2.24, 2.45) is 0 Å². The molecular weight excluding hydrogens is 406 g/mol. The van der Waals surface area contributed by atoms with E-state index in [1.165, 1.54) is 4.88 Å². The quantitative estimate of drug-likeness (QED) is 0.616. The molecule has 0 unspecified atom stereocenters. The van der Waals surface area contributed by atoms with Gasteiger partial charge in [-0.3, -0.25) is 4.98 Å². The normalized spacial score (nSPS) is 26.0. The first-order valence-corrected chi connectivity index (χ1v) is 11.0. The van der Waals surface area contributed by atoms with Crippen molar-refractivity contribution in [3.63, 3.8) is 0 Å². The van der Waals surface area contributed by atoms with Gasteiger partial charge in [0.1, 0.15) is 0 Å². The number of halogens is 1. The second kappa shape index (κ2) is 7.49. The highest BCUT2D eigenvalue weighted by molar-refractivity contribution is 7.15. The summed E-state index contributed by atoms with van der Waals surface area (Å²) in [5.41, 5.74) is 4.07. The molecule has 6 heteroatoms. The van der Waals surface area contributed by atoms with Crippen LogP contribution in [0, 0.1) is 0 Å². The molecule has 29 heavy (non-hydrogen) atoms. The molecule has 2 aliphatic rings. The van der Waals surface area contributed by atoms with Crippen LogP contribution in [0.1, 0.15) is 41.3 Å². The third kappa shape index (κ3) is 3.62. The monoisotopic (exact) mass is 427 g/mol. The molecule has 0 amide bonds. The largest absolute Gasteiger partial charge is 0.393 e. The number of aliphatic hydroxyl groups excluding tert-OH is 1. The van der Waals surface area contributed by atoms with Crippen molar-refractivity contribution >= 4 is 22.9 Å². The standard InChI is InChI=1S/C23H22ClNO3S/c1-14-8-17(26)12-23(28-14)19-10-15(20(24)11-16(19)13-27-23)9-18-5-6-22(29-18)21-4-2-3-7-25-21/h2-7,10-11,14,17,26H,8-9,12-13H2,1H3/t14-,17+,23-/m1/s1. The van der Waals surface area contributed by atoms with E-state index in [1.807, 2.05) is 37.4 Å². The number of aromatic nitrogens is 1. The van der Waals surface area contributed by atoms with E-state index >= 15 is 0 Å². The number of hydrogen-bond donors (Lipinski definition) is 1. The van der Waals surface area contributed by atoms with Crippen LogP contribution in [0.4, 0.5) is 0 Å². The van der Waals surface area contributed by atoms with Gasteiger partial charge < -0.3 is 14.6 Å². The Labute approximate surface area is 179 Å². The number of rotatable bonds is 3. The number of fused-ring (bicyclic) bond motifs is 2. The highest BCUT2D eigenvalue weighted by Gasteiger charge is 2.47. The van der Waals surface area contributed by atoms with Gasteiger partial charge in [-0.05, 0) is 60.9 Å². The molecule has 3 aromatic rings. The lowest BCUT2D eigenvalue weighted by Crippen LogP contribution is -2.43. The summed E-state index contributed by atoms with van der Waals surface area (Å²) in [6.07, 6.45) is 3.15. The Morgan fingerprint density at radius 2 is 2.17 bits per heavy atom. The molecule has 4 nitrogen and oxygen atoms in total. The van der Waals surface area contributed by atoms with E-state index in [4.69, 9.17) is 21.1 Å². The van der Waals surface area contributed by atoms with Crippen molar-refractivity contribution in [2.45, 2.75) is 50.8 Å². The highest BCUT2D eigenvalue weighted by Crippen LogP contribution is 2.47. The van der Waals surface area contributed by atoms with Crippen LogP contribution in [-0.4, -0.2) is 22.3 Å². The average molecular weight is 428 g/mol. The Hall–Kier alpha value is -1.76. The summed E-state index contributed by atoms with van der Waals surface area (Å²) in [5, 5.41) is 11.0. The fourth-order valence-corrected chi connectivity index (χ4v) is 5.57. The number of aliphatic hydroxyl groups is 1. The van der Waals surface area contributed by atoms with Gasteiger partial charge >= 0.3 is 0 Å². The van der Waals surface area contributed by atoms with Gasteiger partial charge in [0.15, 0.2) is 5.79 Å². The van der Waals surface area contributed by atoms with Crippen molar-refractivity contribution in [1.29, 1.82) is 0 Å². The first-order chi connectivity index (χ1) is 14.0. The van der Waals surface area contributed by atoms with Crippen molar-refractivity contribution in [3.05, 3.63) is 75.3 Å². The lowest BCUT2D eigenvalue weighted by atomic mass is 9.90. The fourth-order valence-electron chi connectivity index (χ4n) is 4.31. The van der Waals surface area contributed by atoms with Crippen LogP contribution in [0.5, 0.6) is 0 Å². The molecule has 5 rings (SSSR count). The van der Waals surface area contributed by atoms with Crippen molar-refractivity contribution in [2.75, 3.05) is 0 Å². The minimum absolute atomic E-state index is 0.0537. The van der Waals surface area contributed by atoms with Crippen molar-refractivity contribution in [1.82, 2.24) is 4.98 Å². The van der Waals surface area contributed by atoms with E-state index in [-0.39, 0.29) is 6.10 Å². The minimum Gasteiger partial charge on any atom is -0.393 e. The molecule has 2 aromatic heterocycles. The lowest BCUT2D eigenvalue weighted by molar-refractivity contribution is -0.295. The maximum Gasteiger partial charge on any atom is 0.198 e. The number of hydrogen-bond acceptors (Lipinski definition) is 5. The van der Waals surface area contributed by atoms with Crippen molar-refractivity contribution in [3.8, 4) is 10.6 Å². The van der Waals surface area contributed by atoms with Crippen molar-refractivity contribution < 1.29 is 14.6 Å². The molecule has 0 aliphatic carbocycles. The summed E-state index contributed by atoms with van der Waals surface area (Å²) < 4.78 is 12.3. The molecular formula is C23H22ClNO3S. The summed E-state index contributed by atoms with van der Waals surface area (Å²) >= 11 is 8.34. The van der Waals surface area contributed by atoms with E-state index < -0.39 is 11.9 Å². The summed E-state index contributed by atoms with van der Waals surface area (Å²) in [4.78, 5) is 6.80. The third-order valence-corrected chi connectivity index (χ3v) is 7.05. The molecule has 150 valence electrons. The number of thiophene rings is 1. The Morgan fingerprint density at radius 3 is 2.97 bits per heavy atom.